The molecule has 1 N–H and O–H groups in total. The molecule has 0 saturated heterocycles. The second kappa shape index (κ2) is 6.21. The van der Waals surface area contributed by atoms with Gasteiger partial charge in [-0.25, -0.2) is 0 Å². The van der Waals surface area contributed by atoms with E-state index in [-0.39, 0.29) is 5.54 Å². The molecule has 3 aromatic rings. The van der Waals surface area contributed by atoms with Crippen LogP contribution in [0.4, 0.5) is 0 Å². The fraction of sp³-hybridized carbons (Fsp3) is 0.300. The van der Waals surface area contributed by atoms with Gasteiger partial charge >= 0.3 is 0 Å². The van der Waals surface area contributed by atoms with Crippen LogP contribution in [0.1, 0.15) is 20.8 Å². The molecule has 24 heavy (non-hydrogen) atoms. The van der Waals surface area contributed by atoms with Crippen molar-refractivity contribution in [1.82, 2.24) is 5.48 Å². The van der Waals surface area contributed by atoms with Crippen molar-refractivity contribution in [1.29, 1.82) is 0 Å². The van der Waals surface area contributed by atoms with Gasteiger partial charge in [0.15, 0.2) is 5.75 Å². The van der Waals surface area contributed by atoms with Crippen LogP contribution >= 0.6 is 0 Å². The van der Waals surface area contributed by atoms with Crippen molar-refractivity contribution in [3.63, 3.8) is 0 Å². The van der Waals surface area contributed by atoms with Crippen molar-refractivity contribution in [3.8, 4) is 17.2 Å². The van der Waals surface area contributed by atoms with Crippen molar-refractivity contribution < 1.29 is 14.3 Å². The van der Waals surface area contributed by atoms with Crippen LogP contribution in [0.3, 0.4) is 0 Å². The first kappa shape index (κ1) is 16.4. The largest absolute Gasteiger partial charge is 0.495 e. The lowest BCUT2D eigenvalue weighted by atomic mass is 10.00. The van der Waals surface area contributed by atoms with Gasteiger partial charge in [0.1, 0.15) is 11.5 Å². The van der Waals surface area contributed by atoms with Crippen molar-refractivity contribution in [2.75, 3.05) is 14.2 Å². The van der Waals surface area contributed by atoms with Crippen LogP contribution in [0.5, 0.6) is 17.2 Å². The zero-order valence-electron chi connectivity index (χ0n) is 14.8. The molecule has 0 fully saturated rings. The maximum absolute atomic E-state index is 5.89. The van der Waals surface area contributed by atoms with Crippen LogP contribution in [0.2, 0.25) is 0 Å². The van der Waals surface area contributed by atoms with E-state index in [9.17, 15) is 0 Å². The molecule has 0 aliphatic heterocycles. The molecule has 0 aromatic heterocycles. The van der Waals surface area contributed by atoms with E-state index in [1.807, 2.05) is 63.2 Å². The summed E-state index contributed by atoms with van der Waals surface area (Å²) in [5.41, 5.74) is 2.90. The van der Waals surface area contributed by atoms with E-state index in [0.717, 1.165) is 33.0 Å². The summed E-state index contributed by atoms with van der Waals surface area (Å²) in [5.74, 6) is 2.32. The van der Waals surface area contributed by atoms with Crippen LogP contribution in [0.15, 0.2) is 42.5 Å². The number of hydrogen-bond donors (Lipinski definition) is 1. The van der Waals surface area contributed by atoms with Crippen LogP contribution in [-0.2, 0) is 0 Å². The number of rotatable bonds is 4. The summed E-state index contributed by atoms with van der Waals surface area (Å²) in [6, 6.07) is 14.0. The molecule has 0 radical (unpaired) electrons. The second-order valence-electron chi connectivity index (χ2n) is 6.74. The van der Waals surface area contributed by atoms with E-state index < -0.39 is 0 Å². The Morgan fingerprint density at radius 1 is 0.750 bits per heavy atom. The Hall–Kier alpha value is -2.46. The predicted octanol–water partition coefficient (Wildman–Crippen LogP) is 4.69. The summed E-state index contributed by atoms with van der Waals surface area (Å²) in [7, 11) is 3.37. The van der Waals surface area contributed by atoms with Gasteiger partial charge in [-0.3, -0.25) is 0 Å². The first-order valence-corrected chi connectivity index (χ1v) is 7.95. The quantitative estimate of drug-likeness (QED) is 0.558. The summed E-state index contributed by atoms with van der Waals surface area (Å²) in [6.45, 7) is 6.14. The molecule has 0 amide bonds. The predicted molar refractivity (Wildman–Crippen MR) is 98.1 cm³/mol. The third-order valence-corrected chi connectivity index (χ3v) is 3.79. The molecule has 0 atom stereocenters. The molecule has 0 spiro atoms. The summed E-state index contributed by atoms with van der Waals surface area (Å²) in [5, 5.41) is 3.87. The molecular weight excluding hydrogens is 302 g/mol. The molecule has 0 aliphatic rings. The van der Waals surface area contributed by atoms with Gasteiger partial charge in [-0.1, -0.05) is 36.4 Å². The number of methoxy groups -OCH3 is 2. The molecule has 3 aromatic carbocycles. The van der Waals surface area contributed by atoms with Crippen LogP contribution in [0, 0.1) is 0 Å². The molecule has 0 saturated carbocycles. The Morgan fingerprint density at radius 3 is 1.92 bits per heavy atom. The lowest BCUT2D eigenvalue weighted by Crippen LogP contribution is -2.38. The zero-order chi connectivity index (χ0) is 17.3. The zero-order valence-corrected chi connectivity index (χ0v) is 14.8. The molecular formula is C20H23NO3. The number of benzene rings is 3. The Kier molecular flexibility index (Phi) is 4.24. The lowest BCUT2D eigenvalue weighted by Gasteiger charge is -2.22. The summed E-state index contributed by atoms with van der Waals surface area (Å²) >= 11 is 0. The highest BCUT2D eigenvalue weighted by Gasteiger charge is 2.19. The molecule has 0 bridgehead atoms. The van der Waals surface area contributed by atoms with Gasteiger partial charge in [0, 0.05) is 21.7 Å². The molecule has 0 heterocycles. The monoisotopic (exact) mass is 325 g/mol. The maximum Gasteiger partial charge on any atom is 0.158 e. The van der Waals surface area contributed by atoms with E-state index in [2.05, 4.69) is 5.48 Å². The average Bonchev–Trinajstić information content (AvgIpc) is 2.57. The van der Waals surface area contributed by atoms with Gasteiger partial charge in [0.2, 0.25) is 0 Å². The minimum absolute atomic E-state index is 0.170. The second-order valence-corrected chi connectivity index (χ2v) is 6.74. The molecule has 126 valence electrons. The summed E-state index contributed by atoms with van der Waals surface area (Å²) in [6.07, 6.45) is 0. The highest BCUT2D eigenvalue weighted by molar-refractivity contribution is 6.13. The van der Waals surface area contributed by atoms with Crippen molar-refractivity contribution in [3.05, 3.63) is 42.5 Å². The number of hydrogen-bond acceptors (Lipinski definition) is 4. The van der Waals surface area contributed by atoms with Gasteiger partial charge < -0.3 is 14.3 Å². The Morgan fingerprint density at radius 2 is 1.33 bits per heavy atom. The number of hydroxylamine groups is 1. The van der Waals surface area contributed by atoms with Gasteiger partial charge in [-0.2, -0.15) is 5.48 Å². The Balaban J connectivity index is 2.34. The van der Waals surface area contributed by atoms with Gasteiger partial charge in [-0.15, -0.1) is 0 Å². The molecule has 0 unspecified atom stereocenters. The Bertz CT molecular complexity index is 881. The SMILES string of the molecule is COc1c2ccccc2c(OC)c2c(ONC(C)(C)C)cccc12. The van der Waals surface area contributed by atoms with Crippen molar-refractivity contribution in [2.24, 2.45) is 0 Å². The van der Waals surface area contributed by atoms with E-state index in [1.54, 1.807) is 14.2 Å². The van der Waals surface area contributed by atoms with Crippen LogP contribution < -0.4 is 19.8 Å². The standard InChI is InChI=1S/C20H23NO3/c1-20(2,3)21-24-16-12-8-11-15-17(16)19(23-5)14-10-7-6-9-13(14)18(15)22-4/h6-12,21H,1-5H3. The number of ether oxygens (including phenoxy) is 2. The number of nitrogens with one attached hydrogen (secondary N) is 1. The third kappa shape index (κ3) is 2.85. The van der Waals surface area contributed by atoms with Gasteiger partial charge in [0.25, 0.3) is 0 Å². The van der Waals surface area contributed by atoms with E-state index in [1.165, 1.54) is 0 Å². The summed E-state index contributed by atoms with van der Waals surface area (Å²) in [4.78, 5) is 5.89. The van der Waals surface area contributed by atoms with Crippen LogP contribution in [-0.4, -0.2) is 19.8 Å². The molecule has 4 heteroatoms. The number of fused-ring (bicyclic) bond motifs is 2. The van der Waals surface area contributed by atoms with Crippen molar-refractivity contribution in [2.45, 2.75) is 26.3 Å². The maximum atomic E-state index is 5.89. The molecule has 3 rings (SSSR count). The minimum atomic E-state index is -0.170. The topological polar surface area (TPSA) is 39.7 Å². The first-order chi connectivity index (χ1) is 11.5. The lowest BCUT2D eigenvalue weighted by molar-refractivity contribution is 0.121. The average molecular weight is 325 g/mol. The Labute approximate surface area is 142 Å². The molecule has 0 aliphatic carbocycles. The first-order valence-electron chi connectivity index (χ1n) is 7.95. The molecule has 4 nitrogen and oxygen atoms in total. The normalized spacial score (nSPS) is 11.7. The van der Waals surface area contributed by atoms with E-state index in [0.29, 0.717) is 5.75 Å². The van der Waals surface area contributed by atoms with Crippen molar-refractivity contribution >= 4 is 21.5 Å². The fourth-order valence-corrected chi connectivity index (χ4v) is 2.84. The highest BCUT2D eigenvalue weighted by atomic mass is 16.6. The summed E-state index contributed by atoms with van der Waals surface area (Å²) < 4.78 is 11.5. The van der Waals surface area contributed by atoms with E-state index >= 15 is 0 Å². The smallest absolute Gasteiger partial charge is 0.158 e. The fourth-order valence-electron chi connectivity index (χ4n) is 2.84. The van der Waals surface area contributed by atoms with Gasteiger partial charge in [0.05, 0.1) is 19.6 Å². The highest BCUT2D eigenvalue weighted by Crippen LogP contribution is 2.45. The van der Waals surface area contributed by atoms with E-state index in [4.69, 9.17) is 14.3 Å². The van der Waals surface area contributed by atoms with Crippen LogP contribution in [0.25, 0.3) is 21.5 Å². The van der Waals surface area contributed by atoms with Gasteiger partial charge in [-0.05, 0) is 26.8 Å². The minimum Gasteiger partial charge on any atom is -0.495 e. The third-order valence-electron chi connectivity index (χ3n) is 3.79.